The van der Waals surface area contributed by atoms with Crippen LogP contribution in [-0.2, 0) is 16.1 Å². The number of benzene rings is 2. The summed E-state index contributed by atoms with van der Waals surface area (Å²) >= 11 is 0. The average Bonchev–Trinajstić information content (AvgIpc) is 2.81. The summed E-state index contributed by atoms with van der Waals surface area (Å²) in [4.78, 5) is 37.8. The number of amides is 2. The predicted molar refractivity (Wildman–Crippen MR) is 125 cm³/mol. The molecule has 33 heavy (non-hydrogen) atoms. The molecule has 4 rings (SSSR count). The van der Waals surface area contributed by atoms with Crippen LogP contribution in [0.5, 0.6) is 5.75 Å². The molecule has 0 bridgehead atoms. The molecule has 1 fully saturated rings. The van der Waals surface area contributed by atoms with E-state index >= 15 is 0 Å². The van der Waals surface area contributed by atoms with E-state index in [2.05, 4.69) is 10.2 Å². The summed E-state index contributed by atoms with van der Waals surface area (Å²) in [5.41, 5.74) is 8.27. The summed E-state index contributed by atoms with van der Waals surface area (Å²) in [6.45, 7) is 3.43. The fourth-order valence-corrected chi connectivity index (χ4v) is 4.19. The molecule has 1 unspecified atom stereocenters. The van der Waals surface area contributed by atoms with Gasteiger partial charge in [0.25, 0.3) is 5.91 Å². The van der Waals surface area contributed by atoms with Gasteiger partial charge in [-0.05, 0) is 49.1 Å². The van der Waals surface area contributed by atoms with Crippen LogP contribution in [0.2, 0.25) is 0 Å². The monoisotopic (exact) mass is 449 g/mol. The number of nitrogens with zero attached hydrogens (tertiary/aromatic N) is 1. The number of rotatable bonds is 7. The number of nitrogens with one attached hydrogen (secondary N) is 1. The van der Waals surface area contributed by atoms with Crippen molar-refractivity contribution in [3.8, 4) is 5.75 Å². The normalized spacial score (nSPS) is 15.9. The second-order valence-corrected chi connectivity index (χ2v) is 8.29. The van der Waals surface area contributed by atoms with Crippen molar-refractivity contribution in [1.29, 1.82) is 0 Å². The van der Waals surface area contributed by atoms with Gasteiger partial charge in [-0.2, -0.15) is 0 Å². The average molecular weight is 450 g/mol. The van der Waals surface area contributed by atoms with Gasteiger partial charge in [0.2, 0.25) is 5.91 Å². The van der Waals surface area contributed by atoms with Gasteiger partial charge in [0.15, 0.2) is 6.61 Å². The van der Waals surface area contributed by atoms with Crippen LogP contribution >= 0.6 is 0 Å². The van der Waals surface area contributed by atoms with Crippen LogP contribution < -0.4 is 26.3 Å². The van der Waals surface area contributed by atoms with Gasteiger partial charge < -0.3 is 25.1 Å². The van der Waals surface area contributed by atoms with E-state index in [1.54, 1.807) is 18.2 Å². The number of carbonyl (C=O) groups is 2. The number of carbonyl (C=O) groups excluding carboxylic acids is 2. The van der Waals surface area contributed by atoms with Gasteiger partial charge in [0, 0.05) is 42.8 Å². The van der Waals surface area contributed by atoms with Crippen molar-refractivity contribution in [2.24, 2.45) is 11.7 Å². The molecule has 0 radical (unpaired) electrons. The first-order chi connectivity index (χ1) is 15.9. The van der Waals surface area contributed by atoms with Gasteiger partial charge in [-0.25, -0.2) is 4.79 Å². The van der Waals surface area contributed by atoms with Crippen LogP contribution in [0, 0.1) is 12.8 Å². The molecule has 0 saturated carbocycles. The topological polar surface area (TPSA) is 115 Å². The molecule has 1 saturated heterocycles. The molecule has 0 spiro atoms. The lowest BCUT2D eigenvalue weighted by Gasteiger charge is -2.34. The molecule has 1 aliphatic rings. The maximum absolute atomic E-state index is 12.4. The lowest BCUT2D eigenvalue weighted by molar-refractivity contribution is -0.123. The number of fused-ring (bicyclic) bond motifs is 1. The molecule has 172 valence electrons. The van der Waals surface area contributed by atoms with Crippen molar-refractivity contribution in [2.75, 3.05) is 24.6 Å². The van der Waals surface area contributed by atoms with Crippen LogP contribution in [0.3, 0.4) is 0 Å². The molecule has 1 atom stereocenters. The van der Waals surface area contributed by atoms with E-state index in [1.165, 1.54) is 6.07 Å². The Labute approximate surface area is 191 Å². The number of ether oxygens (including phenoxy) is 1. The van der Waals surface area contributed by atoms with E-state index in [4.69, 9.17) is 14.9 Å². The van der Waals surface area contributed by atoms with Crippen molar-refractivity contribution in [2.45, 2.75) is 26.3 Å². The van der Waals surface area contributed by atoms with E-state index in [9.17, 15) is 14.4 Å². The van der Waals surface area contributed by atoms with Gasteiger partial charge >= 0.3 is 5.63 Å². The Morgan fingerprint density at radius 3 is 2.85 bits per heavy atom. The van der Waals surface area contributed by atoms with Crippen LogP contribution in [0.15, 0.2) is 57.7 Å². The molecule has 8 nitrogen and oxygen atoms in total. The smallest absolute Gasteiger partial charge is 0.336 e. The Bertz CT molecular complexity index is 1240. The summed E-state index contributed by atoms with van der Waals surface area (Å²) in [5.74, 6) is -0.266. The molecule has 0 aliphatic carbocycles. The van der Waals surface area contributed by atoms with E-state index in [0.717, 1.165) is 41.6 Å². The third-order valence-corrected chi connectivity index (χ3v) is 5.92. The number of primary amides is 1. The highest BCUT2D eigenvalue weighted by Gasteiger charge is 2.25. The highest BCUT2D eigenvalue weighted by molar-refractivity contribution is 5.82. The highest BCUT2D eigenvalue weighted by atomic mass is 16.5. The van der Waals surface area contributed by atoms with Crippen molar-refractivity contribution in [3.05, 3.63) is 70.1 Å². The summed E-state index contributed by atoms with van der Waals surface area (Å²) in [7, 11) is 0. The summed E-state index contributed by atoms with van der Waals surface area (Å²) in [6, 6.07) is 14.4. The number of nitrogens with two attached hydrogens (primary N) is 1. The van der Waals surface area contributed by atoms with Crippen molar-refractivity contribution >= 4 is 28.5 Å². The summed E-state index contributed by atoms with van der Waals surface area (Å²) in [6.07, 6.45) is 1.70. The van der Waals surface area contributed by atoms with Crippen LogP contribution in [0.4, 0.5) is 5.69 Å². The Balaban J connectivity index is 1.36. The zero-order valence-corrected chi connectivity index (χ0v) is 18.5. The molecule has 2 heterocycles. The van der Waals surface area contributed by atoms with Crippen LogP contribution in [0.1, 0.15) is 24.0 Å². The number of aryl methyl sites for hydroxylation is 1. The minimum absolute atomic E-state index is 0.162. The molecular formula is C25H27N3O5. The minimum atomic E-state index is -0.426. The van der Waals surface area contributed by atoms with Gasteiger partial charge in [-0.1, -0.05) is 18.2 Å². The van der Waals surface area contributed by atoms with E-state index in [-0.39, 0.29) is 24.3 Å². The van der Waals surface area contributed by atoms with Crippen molar-refractivity contribution in [1.82, 2.24) is 5.32 Å². The summed E-state index contributed by atoms with van der Waals surface area (Å²) in [5, 5.41) is 3.70. The molecule has 2 amide bonds. The van der Waals surface area contributed by atoms with Gasteiger partial charge in [-0.3, -0.25) is 9.59 Å². The Morgan fingerprint density at radius 2 is 2.03 bits per heavy atom. The van der Waals surface area contributed by atoms with Gasteiger partial charge in [0.05, 0.1) is 5.92 Å². The minimum Gasteiger partial charge on any atom is -0.484 e. The third-order valence-electron chi connectivity index (χ3n) is 5.92. The Kier molecular flexibility index (Phi) is 6.63. The highest BCUT2D eigenvalue weighted by Crippen LogP contribution is 2.26. The fraction of sp³-hybridized carbons (Fsp3) is 0.320. The molecule has 3 aromatic rings. The zero-order valence-electron chi connectivity index (χ0n) is 18.5. The van der Waals surface area contributed by atoms with Gasteiger partial charge in [0.1, 0.15) is 11.3 Å². The Morgan fingerprint density at radius 1 is 1.21 bits per heavy atom. The quantitative estimate of drug-likeness (QED) is 0.536. The molecule has 2 aromatic carbocycles. The second kappa shape index (κ2) is 9.77. The summed E-state index contributed by atoms with van der Waals surface area (Å²) < 4.78 is 10.8. The zero-order chi connectivity index (χ0) is 23.4. The number of piperidine rings is 1. The molecule has 1 aliphatic heterocycles. The van der Waals surface area contributed by atoms with E-state index in [1.807, 2.05) is 31.2 Å². The van der Waals surface area contributed by atoms with Crippen molar-refractivity contribution in [3.63, 3.8) is 0 Å². The SMILES string of the molecule is Cc1cc(=O)oc2cc(OCC(=O)NCc3ccccc3N3CCCC(C(N)=O)C3)ccc12. The van der Waals surface area contributed by atoms with E-state index < -0.39 is 5.63 Å². The molecule has 3 N–H and O–H groups in total. The number of hydrogen-bond acceptors (Lipinski definition) is 6. The molecular weight excluding hydrogens is 422 g/mol. The van der Waals surface area contributed by atoms with Crippen molar-refractivity contribution < 1.29 is 18.7 Å². The molecule has 8 heteroatoms. The number of hydrogen-bond donors (Lipinski definition) is 2. The standard InChI is InChI=1S/C25H27N3O5/c1-16-11-24(30)33-22-12-19(8-9-20(16)22)32-15-23(29)27-13-17-5-2-3-7-21(17)28-10-4-6-18(14-28)25(26)31/h2-3,5,7-9,11-12,18H,4,6,10,13-15H2,1H3,(H2,26,31)(H,27,29). The number of para-hydroxylation sites is 1. The van der Waals surface area contributed by atoms with E-state index in [0.29, 0.717) is 24.4 Å². The third kappa shape index (κ3) is 5.34. The fourth-order valence-electron chi connectivity index (χ4n) is 4.19. The largest absolute Gasteiger partial charge is 0.484 e. The second-order valence-electron chi connectivity index (χ2n) is 8.29. The maximum atomic E-state index is 12.4. The maximum Gasteiger partial charge on any atom is 0.336 e. The van der Waals surface area contributed by atoms with Crippen LogP contribution in [0.25, 0.3) is 11.0 Å². The van der Waals surface area contributed by atoms with Gasteiger partial charge in [-0.15, -0.1) is 0 Å². The first-order valence-corrected chi connectivity index (χ1v) is 11.0. The molecule has 1 aromatic heterocycles. The van der Waals surface area contributed by atoms with Crippen LogP contribution in [-0.4, -0.2) is 31.5 Å². The lowest BCUT2D eigenvalue weighted by atomic mass is 9.96. The first kappa shape index (κ1) is 22.4. The lowest BCUT2D eigenvalue weighted by Crippen LogP contribution is -2.41. The first-order valence-electron chi connectivity index (χ1n) is 11.0. The predicted octanol–water partition coefficient (Wildman–Crippen LogP) is 2.50. The Hall–Kier alpha value is -3.81. The number of anilines is 1.